The summed E-state index contributed by atoms with van der Waals surface area (Å²) in [6, 6.07) is 15.8. The first-order valence-corrected chi connectivity index (χ1v) is 7.82. The van der Waals surface area contributed by atoms with E-state index in [1.54, 1.807) is 0 Å². The lowest BCUT2D eigenvalue weighted by Crippen LogP contribution is -2.31. The van der Waals surface area contributed by atoms with Crippen LogP contribution in [0.5, 0.6) is 0 Å². The lowest BCUT2D eigenvalue weighted by Gasteiger charge is -2.33. The molecule has 135 valence electrons. The molecule has 0 fully saturated rings. The van der Waals surface area contributed by atoms with Crippen LogP contribution in [0.15, 0.2) is 54.6 Å². The van der Waals surface area contributed by atoms with Crippen molar-refractivity contribution in [3.63, 3.8) is 0 Å². The highest BCUT2D eigenvalue weighted by atomic mass is 16.4. The summed E-state index contributed by atoms with van der Waals surface area (Å²) < 4.78 is 23.1. The van der Waals surface area contributed by atoms with E-state index in [0.29, 0.717) is 24.9 Å². The third kappa shape index (κ3) is 5.19. The van der Waals surface area contributed by atoms with Crippen molar-refractivity contribution in [2.24, 2.45) is 0 Å². The number of nitrogens with zero attached hydrogens (tertiary/aromatic N) is 1. The number of nitrogens with two attached hydrogens (primary N) is 1. The van der Waals surface area contributed by atoms with E-state index < -0.39 is 18.9 Å². The van der Waals surface area contributed by atoms with Gasteiger partial charge >= 0.3 is 11.9 Å². The molecule has 1 aliphatic heterocycles. The van der Waals surface area contributed by atoms with Crippen LogP contribution in [-0.4, -0.2) is 40.6 Å². The van der Waals surface area contributed by atoms with Crippen LogP contribution < -0.4 is 5.73 Å². The van der Waals surface area contributed by atoms with Gasteiger partial charge in [0.15, 0.2) is 0 Å². The fourth-order valence-electron chi connectivity index (χ4n) is 2.80. The predicted octanol–water partition coefficient (Wildman–Crippen LogP) is 2.36. The summed E-state index contributed by atoms with van der Waals surface area (Å²) in [4.78, 5) is 20.6. The molecule has 0 amide bonds. The monoisotopic (exact) mass is 356 g/mol. The number of fused-ring (bicyclic) bond motifs is 1. The first-order valence-electron chi connectivity index (χ1n) is 9.32. The van der Waals surface area contributed by atoms with Crippen LogP contribution in [0.2, 0.25) is 0 Å². The summed E-state index contributed by atoms with van der Waals surface area (Å²) in [6.45, 7) is -1.24. The Morgan fingerprint density at radius 2 is 1.96 bits per heavy atom. The molecule has 1 heterocycles. The van der Waals surface area contributed by atoms with E-state index in [2.05, 4.69) is 6.07 Å². The molecule has 26 heavy (non-hydrogen) atoms. The van der Waals surface area contributed by atoms with E-state index in [4.69, 9.17) is 20.1 Å². The van der Waals surface area contributed by atoms with Crippen LogP contribution in [0.4, 0.5) is 5.69 Å². The number of likely N-dealkylation sites (N-methyl/N-ethyl adjacent to an activating group) is 1. The smallest absolute Gasteiger partial charge is 0.336 e. The molecule has 6 nitrogen and oxygen atoms in total. The molecule has 1 unspecified atom stereocenters. The zero-order valence-electron chi connectivity index (χ0n) is 16.9. The van der Waals surface area contributed by atoms with Crippen molar-refractivity contribution in [2.45, 2.75) is 12.5 Å². The van der Waals surface area contributed by atoms with Gasteiger partial charge in [-0.1, -0.05) is 42.5 Å². The molecule has 0 aliphatic carbocycles. The quantitative estimate of drug-likeness (QED) is 0.576. The van der Waals surface area contributed by atoms with E-state index in [1.807, 2.05) is 42.5 Å². The maximum absolute atomic E-state index is 9.52. The zero-order valence-corrected chi connectivity index (χ0v) is 13.9. The number of hydrogen-bond donors (Lipinski definition) is 3. The Balaban J connectivity index is 0.000000321. The second-order valence-electron chi connectivity index (χ2n) is 5.69. The normalized spacial score (nSPS) is 18.6. The molecule has 1 radical (unpaired) electrons. The SMILES string of the molecule is O=C(O)[C]=CC(=O)O.[2H]C([2H])([2H])N1Cc2c(N)cccc2C(c2ccccc2)C1. The third-order valence-corrected chi connectivity index (χ3v) is 3.90. The fourth-order valence-corrected chi connectivity index (χ4v) is 2.80. The molecular weight excluding hydrogens is 332 g/mol. The largest absolute Gasteiger partial charge is 0.478 e. The molecule has 1 atom stereocenters. The van der Waals surface area contributed by atoms with Gasteiger partial charge in [0.05, 0.1) is 6.08 Å². The van der Waals surface area contributed by atoms with Gasteiger partial charge in [0, 0.05) is 34.9 Å². The molecule has 4 N–H and O–H groups in total. The first kappa shape index (κ1) is 15.2. The number of hydrogen-bond acceptors (Lipinski definition) is 4. The summed E-state index contributed by atoms with van der Waals surface area (Å²) in [6.07, 6.45) is 1.97. The van der Waals surface area contributed by atoms with Crippen LogP contribution in [0.1, 0.15) is 26.7 Å². The maximum atomic E-state index is 9.52. The van der Waals surface area contributed by atoms with Crippen molar-refractivity contribution in [1.29, 1.82) is 0 Å². The van der Waals surface area contributed by atoms with Crippen molar-refractivity contribution in [1.82, 2.24) is 4.90 Å². The van der Waals surface area contributed by atoms with Crippen molar-refractivity contribution < 1.29 is 23.9 Å². The summed E-state index contributed by atoms with van der Waals surface area (Å²) in [7, 11) is 0. The standard InChI is InChI=1S/C16H18N2.C4H3O4/c1-18-10-14(12-6-3-2-4-7-12)13-8-5-9-16(17)15(13)11-18;5-3(6)1-2-4(7)8/h2-9,14H,10-11,17H2,1H3;1H,(H,5,6)(H,7,8)/i1D3;. The molecule has 0 saturated carbocycles. The van der Waals surface area contributed by atoms with Gasteiger partial charge in [-0.2, -0.15) is 0 Å². The predicted molar refractivity (Wildman–Crippen MR) is 98.6 cm³/mol. The fraction of sp³-hybridized carbons (Fsp3) is 0.200. The van der Waals surface area contributed by atoms with Crippen molar-refractivity contribution >= 4 is 17.6 Å². The molecule has 2 aromatic carbocycles. The van der Waals surface area contributed by atoms with Crippen LogP contribution in [0.3, 0.4) is 0 Å². The van der Waals surface area contributed by atoms with E-state index in [-0.39, 0.29) is 5.92 Å². The van der Waals surface area contributed by atoms with Gasteiger partial charge in [0.25, 0.3) is 0 Å². The average molecular weight is 356 g/mol. The van der Waals surface area contributed by atoms with E-state index >= 15 is 0 Å². The highest BCUT2D eigenvalue weighted by Gasteiger charge is 2.25. The lowest BCUT2D eigenvalue weighted by molar-refractivity contribution is -0.134. The third-order valence-electron chi connectivity index (χ3n) is 3.90. The summed E-state index contributed by atoms with van der Waals surface area (Å²) in [5, 5.41) is 15.5. The number of carboxylic acid groups (broad SMARTS) is 2. The van der Waals surface area contributed by atoms with Crippen LogP contribution in [0.25, 0.3) is 0 Å². The Hall–Kier alpha value is -3.12. The van der Waals surface area contributed by atoms with Gasteiger partial charge in [0.2, 0.25) is 0 Å². The van der Waals surface area contributed by atoms with E-state index in [0.717, 1.165) is 16.7 Å². The number of rotatable bonds is 3. The van der Waals surface area contributed by atoms with Gasteiger partial charge in [-0.05, 0) is 29.7 Å². The Kier molecular flexibility index (Phi) is 5.14. The second-order valence-corrected chi connectivity index (χ2v) is 5.69. The molecule has 6 heteroatoms. The molecule has 0 bridgehead atoms. The number of aliphatic carboxylic acids is 2. The van der Waals surface area contributed by atoms with Gasteiger partial charge in [-0.25, -0.2) is 9.59 Å². The van der Waals surface area contributed by atoms with Gasteiger partial charge in [0.1, 0.15) is 0 Å². The van der Waals surface area contributed by atoms with Gasteiger partial charge in [-0.15, -0.1) is 0 Å². The Morgan fingerprint density at radius 3 is 2.54 bits per heavy atom. The molecule has 3 rings (SSSR count). The van der Waals surface area contributed by atoms with E-state index in [1.165, 1.54) is 11.0 Å². The molecule has 2 aromatic rings. The molecule has 0 spiro atoms. The Morgan fingerprint density at radius 1 is 1.23 bits per heavy atom. The minimum Gasteiger partial charge on any atom is -0.478 e. The van der Waals surface area contributed by atoms with Crippen LogP contribution in [-0.2, 0) is 16.1 Å². The van der Waals surface area contributed by atoms with Crippen molar-refractivity contribution in [3.05, 3.63) is 77.4 Å². The second kappa shape index (κ2) is 8.82. The minimum atomic E-state index is -2.10. The summed E-state index contributed by atoms with van der Waals surface area (Å²) in [5.74, 6) is -2.65. The number of benzene rings is 2. The molecular formula is C20H21N2O4. The average Bonchev–Trinajstić information content (AvgIpc) is 2.66. The Labute approximate surface area is 156 Å². The topological polar surface area (TPSA) is 104 Å². The highest BCUT2D eigenvalue weighted by Crippen LogP contribution is 2.35. The highest BCUT2D eigenvalue weighted by molar-refractivity contribution is 5.86. The van der Waals surface area contributed by atoms with Crippen molar-refractivity contribution in [3.8, 4) is 0 Å². The Bertz CT molecular complexity index is 882. The summed E-state index contributed by atoms with van der Waals surface area (Å²) in [5.41, 5.74) is 9.95. The summed E-state index contributed by atoms with van der Waals surface area (Å²) >= 11 is 0. The van der Waals surface area contributed by atoms with E-state index in [9.17, 15) is 9.59 Å². The van der Waals surface area contributed by atoms with Crippen molar-refractivity contribution in [2.75, 3.05) is 19.3 Å². The van der Waals surface area contributed by atoms with Crippen LogP contribution >= 0.6 is 0 Å². The van der Waals surface area contributed by atoms with Gasteiger partial charge < -0.3 is 20.8 Å². The number of carboxylic acids is 2. The minimum absolute atomic E-state index is 0.0406. The zero-order chi connectivity index (χ0) is 21.6. The molecule has 1 aliphatic rings. The van der Waals surface area contributed by atoms with Crippen LogP contribution in [0, 0.1) is 6.08 Å². The number of carbonyl (C=O) groups is 2. The van der Waals surface area contributed by atoms with Gasteiger partial charge in [-0.3, -0.25) is 0 Å². The number of nitrogen functional groups attached to an aromatic ring is 1. The molecule has 0 saturated heterocycles. The maximum Gasteiger partial charge on any atom is 0.336 e. The number of anilines is 1. The lowest BCUT2D eigenvalue weighted by atomic mass is 9.84. The molecule has 0 aromatic heterocycles. The first-order chi connectivity index (χ1) is 13.6.